The van der Waals surface area contributed by atoms with Crippen LogP contribution in [0.3, 0.4) is 0 Å². The molecule has 5 nitrogen and oxygen atoms in total. The number of pyridine rings is 1. The molecule has 1 aliphatic rings. The molecule has 0 radical (unpaired) electrons. The predicted octanol–water partition coefficient (Wildman–Crippen LogP) is 3.31. The first-order valence-corrected chi connectivity index (χ1v) is 9.71. The lowest BCUT2D eigenvalue weighted by atomic mass is 10.0. The van der Waals surface area contributed by atoms with Crippen molar-refractivity contribution in [1.29, 1.82) is 0 Å². The van der Waals surface area contributed by atoms with E-state index in [4.69, 9.17) is 4.98 Å². The van der Waals surface area contributed by atoms with E-state index in [1.807, 2.05) is 71.0 Å². The van der Waals surface area contributed by atoms with Crippen molar-refractivity contribution in [1.82, 2.24) is 19.7 Å². The molecule has 1 saturated heterocycles. The zero-order chi connectivity index (χ0) is 17.2. The zero-order valence-corrected chi connectivity index (χ0v) is 15.0. The molecular formula is C19H20N4OS. The number of fused-ring (bicyclic) bond motifs is 1. The maximum atomic E-state index is 13.1. The molecule has 0 atom stereocenters. The van der Waals surface area contributed by atoms with Crippen LogP contribution in [0.25, 0.3) is 22.2 Å². The van der Waals surface area contributed by atoms with Gasteiger partial charge in [-0.1, -0.05) is 18.2 Å². The number of thioether (sulfide) groups is 1. The Labute approximate surface area is 151 Å². The van der Waals surface area contributed by atoms with Crippen molar-refractivity contribution in [3.05, 3.63) is 48.3 Å². The highest BCUT2D eigenvalue weighted by atomic mass is 32.2. The molecule has 1 aliphatic heterocycles. The molecule has 4 rings (SSSR count). The van der Waals surface area contributed by atoms with Crippen LogP contribution in [-0.4, -0.2) is 50.2 Å². The Bertz CT molecular complexity index is 915. The van der Waals surface area contributed by atoms with Gasteiger partial charge in [0, 0.05) is 48.3 Å². The summed E-state index contributed by atoms with van der Waals surface area (Å²) in [5.74, 6) is 2.11. The first kappa shape index (κ1) is 16.1. The summed E-state index contributed by atoms with van der Waals surface area (Å²) in [5, 5.41) is 5.25. The number of amides is 1. The summed E-state index contributed by atoms with van der Waals surface area (Å²) in [6, 6.07) is 9.78. The van der Waals surface area contributed by atoms with Crippen molar-refractivity contribution in [3.8, 4) is 11.3 Å². The van der Waals surface area contributed by atoms with Gasteiger partial charge in [0.05, 0.1) is 23.0 Å². The van der Waals surface area contributed by atoms with Crippen LogP contribution >= 0.6 is 11.8 Å². The highest BCUT2D eigenvalue weighted by Crippen LogP contribution is 2.26. The van der Waals surface area contributed by atoms with Crippen LogP contribution in [0.4, 0.5) is 0 Å². The van der Waals surface area contributed by atoms with Gasteiger partial charge in [-0.3, -0.25) is 9.48 Å². The second-order valence-electron chi connectivity index (χ2n) is 6.06. The van der Waals surface area contributed by atoms with Crippen molar-refractivity contribution in [3.63, 3.8) is 0 Å². The summed E-state index contributed by atoms with van der Waals surface area (Å²) in [6.45, 7) is 4.48. The van der Waals surface area contributed by atoms with Gasteiger partial charge in [-0.2, -0.15) is 16.9 Å². The van der Waals surface area contributed by atoms with Crippen LogP contribution in [-0.2, 0) is 6.54 Å². The molecule has 128 valence electrons. The smallest absolute Gasteiger partial charge is 0.254 e. The van der Waals surface area contributed by atoms with E-state index in [1.54, 1.807) is 0 Å². The van der Waals surface area contributed by atoms with Gasteiger partial charge in [0.25, 0.3) is 5.91 Å². The molecule has 6 heteroatoms. The molecule has 25 heavy (non-hydrogen) atoms. The number of aromatic nitrogens is 3. The van der Waals surface area contributed by atoms with Gasteiger partial charge in [0.15, 0.2) is 0 Å². The second kappa shape index (κ2) is 6.88. The van der Waals surface area contributed by atoms with E-state index in [0.717, 1.165) is 58.9 Å². The van der Waals surface area contributed by atoms with Gasteiger partial charge in [-0.25, -0.2) is 4.98 Å². The average Bonchev–Trinajstić information content (AvgIpc) is 3.16. The van der Waals surface area contributed by atoms with Gasteiger partial charge in [-0.05, 0) is 19.1 Å². The summed E-state index contributed by atoms with van der Waals surface area (Å²) in [5.41, 5.74) is 3.32. The maximum absolute atomic E-state index is 13.1. The molecular weight excluding hydrogens is 332 g/mol. The second-order valence-corrected chi connectivity index (χ2v) is 7.29. The van der Waals surface area contributed by atoms with Crippen LogP contribution in [0.5, 0.6) is 0 Å². The summed E-state index contributed by atoms with van der Waals surface area (Å²) < 4.78 is 1.87. The first-order valence-electron chi connectivity index (χ1n) is 8.56. The Morgan fingerprint density at radius 3 is 2.80 bits per heavy atom. The van der Waals surface area contributed by atoms with Crippen LogP contribution in [0.2, 0.25) is 0 Å². The van der Waals surface area contributed by atoms with Gasteiger partial charge in [-0.15, -0.1) is 0 Å². The standard InChI is InChI=1S/C19H20N4OS/c1-2-23-13-14(12-20-23)18-11-16(15-5-3-4-6-17(15)21-18)19(24)22-7-9-25-10-8-22/h3-6,11-13H,2,7-10H2,1H3. The Kier molecular flexibility index (Phi) is 4.44. The fraction of sp³-hybridized carbons (Fsp3) is 0.316. The molecule has 0 saturated carbocycles. The number of para-hydroxylation sites is 1. The van der Waals surface area contributed by atoms with Crippen molar-refractivity contribution in [2.24, 2.45) is 0 Å². The third-order valence-electron chi connectivity index (χ3n) is 4.50. The number of rotatable bonds is 3. The molecule has 0 aliphatic carbocycles. The topological polar surface area (TPSA) is 51.0 Å². The average molecular weight is 352 g/mol. The fourth-order valence-corrected chi connectivity index (χ4v) is 4.01. The van der Waals surface area contributed by atoms with Crippen LogP contribution < -0.4 is 0 Å². The third kappa shape index (κ3) is 3.14. The number of aryl methyl sites for hydroxylation is 1. The van der Waals surface area contributed by atoms with Crippen molar-refractivity contribution < 1.29 is 4.79 Å². The predicted molar refractivity (Wildman–Crippen MR) is 102 cm³/mol. The van der Waals surface area contributed by atoms with Crippen LogP contribution in [0, 0.1) is 0 Å². The van der Waals surface area contributed by atoms with Gasteiger partial charge < -0.3 is 4.90 Å². The Balaban J connectivity index is 1.82. The number of carbonyl (C=O) groups is 1. The van der Waals surface area contributed by atoms with Crippen molar-refractivity contribution >= 4 is 28.6 Å². The molecule has 0 unspecified atom stereocenters. The van der Waals surface area contributed by atoms with Crippen molar-refractivity contribution in [2.45, 2.75) is 13.5 Å². The molecule has 1 aromatic carbocycles. The molecule has 0 bridgehead atoms. The first-order chi connectivity index (χ1) is 12.3. The van der Waals surface area contributed by atoms with E-state index < -0.39 is 0 Å². The number of benzene rings is 1. The quantitative estimate of drug-likeness (QED) is 0.726. The van der Waals surface area contributed by atoms with Crippen LogP contribution in [0.1, 0.15) is 17.3 Å². The Morgan fingerprint density at radius 1 is 1.24 bits per heavy atom. The van der Waals surface area contributed by atoms with Gasteiger partial charge in [0.2, 0.25) is 0 Å². The normalized spacial score (nSPS) is 14.8. The van der Waals surface area contributed by atoms with Gasteiger partial charge >= 0.3 is 0 Å². The summed E-state index contributed by atoms with van der Waals surface area (Å²) in [7, 11) is 0. The largest absolute Gasteiger partial charge is 0.337 e. The van der Waals surface area contributed by atoms with E-state index in [0.29, 0.717) is 0 Å². The minimum Gasteiger partial charge on any atom is -0.337 e. The lowest BCUT2D eigenvalue weighted by Gasteiger charge is -2.27. The molecule has 3 heterocycles. The fourth-order valence-electron chi connectivity index (χ4n) is 3.11. The number of carbonyl (C=O) groups excluding carboxylic acids is 1. The lowest BCUT2D eigenvalue weighted by Crippen LogP contribution is -2.38. The summed E-state index contributed by atoms with van der Waals surface area (Å²) in [4.78, 5) is 19.8. The molecule has 1 amide bonds. The number of hydrogen-bond donors (Lipinski definition) is 0. The number of hydrogen-bond acceptors (Lipinski definition) is 4. The highest BCUT2D eigenvalue weighted by Gasteiger charge is 2.21. The monoisotopic (exact) mass is 352 g/mol. The Hall–Kier alpha value is -2.34. The highest BCUT2D eigenvalue weighted by molar-refractivity contribution is 7.99. The molecule has 2 aromatic heterocycles. The minimum absolute atomic E-state index is 0.100. The lowest BCUT2D eigenvalue weighted by molar-refractivity contribution is 0.0774. The van der Waals surface area contributed by atoms with Crippen LogP contribution in [0.15, 0.2) is 42.7 Å². The third-order valence-corrected chi connectivity index (χ3v) is 5.44. The molecule has 3 aromatic rings. The van der Waals surface area contributed by atoms with E-state index in [2.05, 4.69) is 5.10 Å². The van der Waals surface area contributed by atoms with E-state index in [1.165, 1.54) is 0 Å². The Morgan fingerprint density at radius 2 is 2.04 bits per heavy atom. The molecule has 0 N–H and O–H groups in total. The summed E-state index contributed by atoms with van der Waals surface area (Å²) >= 11 is 1.90. The maximum Gasteiger partial charge on any atom is 0.254 e. The molecule has 0 spiro atoms. The number of nitrogens with zero attached hydrogens (tertiary/aromatic N) is 4. The van der Waals surface area contributed by atoms with E-state index >= 15 is 0 Å². The summed E-state index contributed by atoms with van der Waals surface area (Å²) in [6.07, 6.45) is 3.79. The zero-order valence-electron chi connectivity index (χ0n) is 14.2. The van der Waals surface area contributed by atoms with Crippen molar-refractivity contribution in [2.75, 3.05) is 24.6 Å². The minimum atomic E-state index is 0.100. The molecule has 1 fully saturated rings. The van der Waals surface area contributed by atoms with Gasteiger partial charge in [0.1, 0.15) is 0 Å². The SMILES string of the molecule is CCn1cc(-c2cc(C(=O)N3CCSCC3)c3ccccc3n2)cn1. The van der Waals surface area contributed by atoms with E-state index in [9.17, 15) is 4.79 Å². The van der Waals surface area contributed by atoms with E-state index in [-0.39, 0.29) is 5.91 Å².